The lowest BCUT2D eigenvalue weighted by Crippen LogP contribution is -2.35. The highest BCUT2D eigenvalue weighted by molar-refractivity contribution is 7.13. The lowest BCUT2D eigenvalue weighted by Gasteiger charge is -2.07. The lowest BCUT2D eigenvalue weighted by molar-refractivity contribution is 0.0923. The van der Waals surface area contributed by atoms with Gasteiger partial charge in [-0.2, -0.15) is 0 Å². The monoisotopic (exact) mass is 411 g/mol. The van der Waals surface area contributed by atoms with Gasteiger partial charge in [0, 0.05) is 24.0 Å². The number of hydrogen-bond donors (Lipinski definition) is 2. The Morgan fingerprint density at radius 1 is 1.00 bits per heavy atom. The van der Waals surface area contributed by atoms with E-state index in [2.05, 4.69) is 41.6 Å². The van der Waals surface area contributed by atoms with Gasteiger partial charge < -0.3 is 10.6 Å². The summed E-state index contributed by atoms with van der Waals surface area (Å²) in [7, 11) is 0. The average molecular weight is 412 g/mol. The molecule has 0 aliphatic heterocycles. The van der Waals surface area contributed by atoms with Crippen molar-refractivity contribution in [2.75, 3.05) is 13.1 Å². The predicted molar refractivity (Wildman–Crippen MR) is 113 cm³/mol. The largest absolute Gasteiger partial charge is 0.350 e. The van der Waals surface area contributed by atoms with Crippen LogP contribution in [0.1, 0.15) is 46.2 Å². The number of benzene rings is 2. The van der Waals surface area contributed by atoms with Gasteiger partial charge in [0.2, 0.25) is 0 Å². The summed E-state index contributed by atoms with van der Waals surface area (Å²) >= 11 is 1.40. The summed E-state index contributed by atoms with van der Waals surface area (Å²) in [5.74, 6) is -0.949. The number of rotatable bonds is 7. The molecule has 2 N–H and O–H groups in total. The fraction of sp³-hybridized carbons (Fsp3) is 0.227. The molecule has 0 aliphatic rings. The van der Waals surface area contributed by atoms with Crippen molar-refractivity contribution < 1.29 is 14.0 Å². The van der Waals surface area contributed by atoms with E-state index >= 15 is 0 Å². The van der Waals surface area contributed by atoms with Crippen molar-refractivity contribution in [1.82, 2.24) is 15.6 Å². The predicted octanol–water partition coefficient (Wildman–Crippen LogP) is 4.23. The van der Waals surface area contributed by atoms with E-state index < -0.39 is 11.7 Å². The van der Waals surface area contributed by atoms with Crippen molar-refractivity contribution in [1.29, 1.82) is 0 Å². The van der Waals surface area contributed by atoms with Crippen LogP contribution in [-0.2, 0) is 0 Å². The Hall–Kier alpha value is -3.06. The highest BCUT2D eigenvalue weighted by Gasteiger charge is 2.13. The van der Waals surface area contributed by atoms with Gasteiger partial charge in [0.1, 0.15) is 16.5 Å². The Morgan fingerprint density at radius 2 is 1.66 bits per heavy atom. The molecule has 3 rings (SSSR count). The SMILES string of the molecule is CC(C)c1ccc(-c2nc(C(=O)NCCNC(=O)c3ccccc3F)cs2)cc1. The van der Waals surface area contributed by atoms with E-state index in [-0.39, 0.29) is 24.6 Å². The van der Waals surface area contributed by atoms with E-state index in [1.54, 1.807) is 11.4 Å². The minimum absolute atomic E-state index is 0.0218. The maximum atomic E-state index is 13.6. The molecular weight excluding hydrogens is 389 g/mol. The summed E-state index contributed by atoms with van der Waals surface area (Å²) in [6.45, 7) is 4.68. The van der Waals surface area contributed by atoms with Crippen LogP contribution in [0.2, 0.25) is 0 Å². The number of nitrogens with one attached hydrogen (secondary N) is 2. The maximum absolute atomic E-state index is 13.6. The first kappa shape index (κ1) is 20.7. The molecule has 0 fully saturated rings. The molecule has 7 heteroatoms. The zero-order valence-electron chi connectivity index (χ0n) is 16.2. The van der Waals surface area contributed by atoms with Crippen molar-refractivity contribution in [2.24, 2.45) is 0 Å². The van der Waals surface area contributed by atoms with Gasteiger partial charge in [-0.25, -0.2) is 9.37 Å². The molecule has 1 heterocycles. The Labute approximate surface area is 173 Å². The van der Waals surface area contributed by atoms with Gasteiger partial charge in [-0.3, -0.25) is 9.59 Å². The highest BCUT2D eigenvalue weighted by Crippen LogP contribution is 2.25. The van der Waals surface area contributed by atoms with Gasteiger partial charge in [-0.05, 0) is 23.6 Å². The zero-order valence-corrected chi connectivity index (χ0v) is 17.1. The molecule has 0 radical (unpaired) electrons. The molecule has 29 heavy (non-hydrogen) atoms. The fourth-order valence-electron chi connectivity index (χ4n) is 2.70. The Kier molecular flexibility index (Phi) is 6.72. The summed E-state index contributed by atoms with van der Waals surface area (Å²) in [5, 5.41) is 7.77. The number of nitrogens with zero attached hydrogens (tertiary/aromatic N) is 1. The van der Waals surface area contributed by atoms with E-state index in [1.807, 2.05) is 12.1 Å². The van der Waals surface area contributed by atoms with Crippen LogP contribution in [0, 0.1) is 5.82 Å². The molecule has 3 aromatic rings. The number of hydrogen-bond acceptors (Lipinski definition) is 4. The van der Waals surface area contributed by atoms with E-state index in [0.717, 1.165) is 10.6 Å². The first-order chi connectivity index (χ1) is 14.0. The zero-order chi connectivity index (χ0) is 20.8. The second-order valence-electron chi connectivity index (χ2n) is 6.81. The third-order valence-electron chi connectivity index (χ3n) is 4.38. The second-order valence-corrected chi connectivity index (χ2v) is 7.66. The number of halogens is 1. The standard InChI is InChI=1S/C22H22FN3O2S/c1-14(2)15-7-9-16(10-8-15)22-26-19(13-29-22)21(28)25-12-11-24-20(27)17-5-3-4-6-18(17)23/h3-10,13-14H,11-12H2,1-2H3,(H,24,27)(H,25,28). The van der Waals surface area contributed by atoms with Crippen molar-refractivity contribution in [3.8, 4) is 10.6 Å². The van der Waals surface area contributed by atoms with Crippen LogP contribution in [0.5, 0.6) is 0 Å². The average Bonchev–Trinajstić information content (AvgIpc) is 3.21. The number of carbonyl (C=O) groups excluding carboxylic acids is 2. The summed E-state index contributed by atoms with van der Waals surface area (Å²) in [5.41, 5.74) is 2.53. The van der Waals surface area contributed by atoms with Crippen molar-refractivity contribution in [2.45, 2.75) is 19.8 Å². The molecule has 0 unspecified atom stereocenters. The number of amides is 2. The van der Waals surface area contributed by atoms with Gasteiger partial charge in [-0.15, -0.1) is 11.3 Å². The second kappa shape index (κ2) is 9.43. The molecule has 5 nitrogen and oxygen atoms in total. The minimum atomic E-state index is -0.578. The summed E-state index contributed by atoms with van der Waals surface area (Å²) < 4.78 is 13.6. The van der Waals surface area contributed by atoms with E-state index in [4.69, 9.17) is 0 Å². The molecule has 150 valence electrons. The van der Waals surface area contributed by atoms with Crippen LogP contribution >= 0.6 is 11.3 Å². The summed E-state index contributed by atoms with van der Waals surface area (Å²) in [4.78, 5) is 28.6. The summed E-state index contributed by atoms with van der Waals surface area (Å²) in [6, 6.07) is 13.9. The Balaban J connectivity index is 1.50. The number of carbonyl (C=O) groups is 2. The molecule has 1 aromatic heterocycles. The van der Waals surface area contributed by atoms with Crippen LogP contribution in [0.15, 0.2) is 53.9 Å². The molecule has 2 amide bonds. The summed E-state index contributed by atoms with van der Waals surface area (Å²) in [6.07, 6.45) is 0. The van der Waals surface area contributed by atoms with Crippen molar-refractivity contribution in [3.63, 3.8) is 0 Å². The normalized spacial score (nSPS) is 10.8. The van der Waals surface area contributed by atoms with Crippen LogP contribution in [0.3, 0.4) is 0 Å². The molecular formula is C22H22FN3O2S. The van der Waals surface area contributed by atoms with Crippen molar-refractivity contribution >= 4 is 23.2 Å². The van der Waals surface area contributed by atoms with E-state index in [1.165, 1.54) is 35.1 Å². The first-order valence-corrected chi connectivity index (χ1v) is 10.2. The minimum Gasteiger partial charge on any atom is -0.350 e. The van der Waals surface area contributed by atoms with E-state index in [9.17, 15) is 14.0 Å². The first-order valence-electron chi connectivity index (χ1n) is 9.32. The van der Waals surface area contributed by atoms with Gasteiger partial charge in [0.15, 0.2) is 0 Å². The third-order valence-corrected chi connectivity index (χ3v) is 5.27. The Morgan fingerprint density at radius 3 is 2.31 bits per heavy atom. The molecule has 0 saturated carbocycles. The van der Waals surface area contributed by atoms with Crippen LogP contribution in [0.25, 0.3) is 10.6 Å². The third kappa shape index (κ3) is 5.26. The van der Waals surface area contributed by atoms with E-state index in [0.29, 0.717) is 11.6 Å². The molecule has 0 bridgehead atoms. The van der Waals surface area contributed by atoms with Crippen LogP contribution < -0.4 is 10.6 Å². The molecule has 0 saturated heterocycles. The highest BCUT2D eigenvalue weighted by atomic mass is 32.1. The van der Waals surface area contributed by atoms with Crippen molar-refractivity contribution in [3.05, 3.63) is 76.5 Å². The molecule has 0 spiro atoms. The van der Waals surface area contributed by atoms with Gasteiger partial charge in [-0.1, -0.05) is 50.2 Å². The maximum Gasteiger partial charge on any atom is 0.270 e. The number of thiazole rings is 1. The smallest absolute Gasteiger partial charge is 0.270 e. The van der Waals surface area contributed by atoms with Crippen LogP contribution in [-0.4, -0.2) is 29.9 Å². The van der Waals surface area contributed by atoms with Gasteiger partial charge in [0.25, 0.3) is 11.8 Å². The lowest BCUT2D eigenvalue weighted by atomic mass is 10.0. The van der Waals surface area contributed by atoms with Gasteiger partial charge in [0.05, 0.1) is 5.56 Å². The van der Waals surface area contributed by atoms with Crippen LogP contribution in [0.4, 0.5) is 4.39 Å². The Bertz CT molecular complexity index is 999. The topological polar surface area (TPSA) is 71.1 Å². The fourth-order valence-corrected chi connectivity index (χ4v) is 3.51. The number of aromatic nitrogens is 1. The molecule has 2 aromatic carbocycles. The quantitative estimate of drug-likeness (QED) is 0.572. The van der Waals surface area contributed by atoms with Gasteiger partial charge >= 0.3 is 0 Å². The molecule has 0 atom stereocenters. The molecule has 0 aliphatic carbocycles.